The third-order valence-electron chi connectivity index (χ3n) is 6.75. The molecule has 1 atom stereocenters. The van der Waals surface area contributed by atoms with Gasteiger partial charge in [-0.1, -0.05) is 0 Å². The molecule has 1 aromatic carbocycles. The number of benzene rings is 1. The van der Waals surface area contributed by atoms with Crippen molar-refractivity contribution in [3.05, 3.63) is 61.7 Å². The quantitative estimate of drug-likeness (QED) is 0.458. The molecule has 0 fully saturated rings. The summed E-state index contributed by atoms with van der Waals surface area (Å²) in [7, 11) is 1.57. The van der Waals surface area contributed by atoms with Gasteiger partial charge in [-0.05, 0) is 61.4 Å². The van der Waals surface area contributed by atoms with Crippen LogP contribution < -0.4 is 5.56 Å². The Morgan fingerprint density at radius 3 is 2.77 bits per heavy atom. The molecular weight excluding hydrogens is 399 g/mol. The van der Waals surface area contributed by atoms with Gasteiger partial charge in [0, 0.05) is 24.1 Å². The first kappa shape index (κ1) is 19.9. The van der Waals surface area contributed by atoms with Crippen LogP contribution in [0.2, 0.25) is 0 Å². The third kappa shape index (κ3) is 2.83. The molecule has 0 saturated carbocycles. The van der Waals surface area contributed by atoms with E-state index in [2.05, 4.69) is 0 Å². The van der Waals surface area contributed by atoms with Crippen LogP contribution in [-0.2, 0) is 40.3 Å². The number of aromatic nitrogens is 2. The fraction of sp³-hybridized carbons (Fsp3) is 0.375. The molecule has 0 saturated heterocycles. The number of ether oxygens (including phenoxy) is 2. The van der Waals surface area contributed by atoms with Crippen LogP contribution in [0.5, 0.6) is 0 Å². The highest BCUT2D eigenvalue weighted by atomic mass is 19.1. The van der Waals surface area contributed by atoms with Gasteiger partial charge in [-0.2, -0.15) is 0 Å². The fourth-order valence-corrected chi connectivity index (χ4v) is 5.08. The van der Waals surface area contributed by atoms with E-state index in [1.165, 1.54) is 11.6 Å². The molecule has 6 nitrogen and oxygen atoms in total. The topological polar surface area (TPSA) is 70.4 Å². The van der Waals surface area contributed by atoms with Crippen molar-refractivity contribution in [3.63, 3.8) is 0 Å². The van der Waals surface area contributed by atoms with Gasteiger partial charge in [-0.15, -0.1) is 0 Å². The Morgan fingerprint density at radius 1 is 1.26 bits per heavy atom. The van der Waals surface area contributed by atoms with Crippen molar-refractivity contribution in [2.75, 3.05) is 7.11 Å². The molecule has 0 bridgehead atoms. The van der Waals surface area contributed by atoms with E-state index >= 15 is 0 Å². The van der Waals surface area contributed by atoms with Gasteiger partial charge in [0.1, 0.15) is 12.4 Å². The summed E-state index contributed by atoms with van der Waals surface area (Å²) >= 11 is 0. The maximum absolute atomic E-state index is 14.6. The maximum atomic E-state index is 14.6. The van der Waals surface area contributed by atoms with Crippen molar-refractivity contribution >= 4 is 17.4 Å². The highest BCUT2D eigenvalue weighted by Crippen LogP contribution is 2.41. The first-order valence-electron chi connectivity index (χ1n) is 10.4. The molecule has 3 heterocycles. The molecule has 2 aliphatic rings. The van der Waals surface area contributed by atoms with Crippen molar-refractivity contribution in [1.29, 1.82) is 0 Å². The molecule has 5 rings (SSSR count). The third-order valence-corrected chi connectivity index (χ3v) is 6.75. The molecule has 31 heavy (non-hydrogen) atoms. The second-order valence-electron chi connectivity index (χ2n) is 8.27. The van der Waals surface area contributed by atoms with Gasteiger partial charge in [-0.3, -0.25) is 9.59 Å². The van der Waals surface area contributed by atoms with Crippen molar-refractivity contribution in [2.24, 2.45) is 0 Å². The SMILES string of the molecule is COC(C)c1cc2n(c(=O)c1COC=O)Cc1c-2nc2cc(F)c(C)c3c2c1CCC3. The molecule has 160 valence electrons. The van der Waals surface area contributed by atoms with Crippen molar-refractivity contribution in [1.82, 2.24) is 9.55 Å². The van der Waals surface area contributed by atoms with E-state index in [-0.39, 0.29) is 24.1 Å². The lowest BCUT2D eigenvalue weighted by Crippen LogP contribution is -2.26. The number of carbonyl (C=O) groups is 1. The number of fused-ring (bicyclic) bond motifs is 4. The Labute approximate surface area is 178 Å². The van der Waals surface area contributed by atoms with E-state index in [9.17, 15) is 14.0 Å². The first-order valence-corrected chi connectivity index (χ1v) is 10.4. The van der Waals surface area contributed by atoms with Crippen LogP contribution in [0.1, 0.15) is 52.8 Å². The molecule has 0 N–H and O–H groups in total. The Hall–Kier alpha value is -3.06. The minimum absolute atomic E-state index is 0.112. The molecule has 3 aromatic rings. The number of carbonyl (C=O) groups excluding carboxylic acids is 1. The van der Waals surface area contributed by atoms with Crippen LogP contribution >= 0.6 is 0 Å². The van der Waals surface area contributed by atoms with Gasteiger partial charge in [0.2, 0.25) is 0 Å². The summed E-state index contributed by atoms with van der Waals surface area (Å²) in [6.45, 7) is 4.30. The summed E-state index contributed by atoms with van der Waals surface area (Å²) in [5, 5.41) is 1.04. The Morgan fingerprint density at radius 2 is 2.03 bits per heavy atom. The largest absolute Gasteiger partial charge is 0.463 e. The van der Waals surface area contributed by atoms with Crippen LogP contribution in [-0.4, -0.2) is 23.1 Å². The zero-order valence-electron chi connectivity index (χ0n) is 17.8. The molecule has 1 aliphatic carbocycles. The maximum Gasteiger partial charge on any atom is 0.293 e. The number of nitrogens with zero attached hydrogens (tertiary/aromatic N) is 2. The Kier molecular flexibility index (Phi) is 4.66. The number of methoxy groups -OCH3 is 1. The highest BCUT2D eigenvalue weighted by molar-refractivity contribution is 5.92. The van der Waals surface area contributed by atoms with Gasteiger partial charge < -0.3 is 14.0 Å². The Balaban J connectivity index is 1.80. The van der Waals surface area contributed by atoms with E-state index in [0.717, 1.165) is 41.5 Å². The summed E-state index contributed by atoms with van der Waals surface area (Å²) in [6, 6.07) is 3.40. The van der Waals surface area contributed by atoms with Gasteiger partial charge in [-0.25, -0.2) is 9.37 Å². The summed E-state index contributed by atoms with van der Waals surface area (Å²) < 4.78 is 26.7. The standard InChI is InChI=1S/C24H23FN2O4/c1-12-14-5-4-6-15-17-9-27-21(23(17)26-20(22(14)15)8-19(12)25)7-16(13(2)30-3)18(24(27)29)10-31-11-28/h7-8,11,13H,4-6,9-10H2,1-3H3. The summed E-state index contributed by atoms with van der Waals surface area (Å²) in [5.41, 5.74) is 6.83. The molecule has 7 heteroatoms. The number of halogens is 1. The second-order valence-corrected chi connectivity index (χ2v) is 8.27. The zero-order valence-corrected chi connectivity index (χ0v) is 17.8. The van der Waals surface area contributed by atoms with E-state index in [0.29, 0.717) is 40.9 Å². The summed E-state index contributed by atoms with van der Waals surface area (Å²) in [4.78, 5) is 29.0. The van der Waals surface area contributed by atoms with Crippen molar-refractivity contribution in [2.45, 2.75) is 52.4 Å². The molecular formula is C24H23FN2O4. The minimum atomic E-state index is -0.363. The van der Waals surface area contributed by atoms with Crippen LogP contribution in [0.4, 0.5) is 4.39 Å². The van der Waals surface area contributed by atoms with Gasteiger partial charge in [0.15, 0.2) is 0 Å². The van der Waals surface area contributed by atoms with E-state index in [1.54, 1.807) is 11.7 Å². The number of rotatable bonds is 5. The number of hydrogen-bond donors (Lipinski definition) is 0. The normalized spacial score (nSPS) is 15.0. The van der Waals surface area contributed by atoms with Crippen LogP contribution in [0, 0.1) is 12.7 Å². The second kappa shape index (κ2) is 7.27. The van der Waals surface area contributed by atoms with Crippen LogP contribution in [0.3, 0.4) is 0 Å². The lowest BCUT2D eigenvalue weighted by atomic mass is 9.85. The van der Waals surface area contributed by atoms with E-state index in [1.807, 2.05) is 19.9 Å². The monoisotopic (exact) mass is 422 g/mol. The molecule has 1 unspecified atom stereocenters. The zero-order chi connectivity index (χ0) is 21.9. The summed E-state index contributed by atoms with van der Waals surface area (Å²) in [5.74, 6) is -0.242. The molecule has 0 amide bonds. The minimum Gasteiger partial charge on any atom is -0.463 e. The van der Waals surface area contributed by atoms with Crippen molar-refractivity contribution in [3.8, 4) is 11.4 Å². The lowest BCUT2D eigenvalue weighted by molar-refractivity contribution is -0.129. The molecule has 2 aromatic heterocycles. The number of pyridine rings is 2. The van der Waals surface area contributed by atoms with E-state index in [4.69, 9.17) is 14.5 Å². The van der Waals surface area contributed by atoms with Gasteiger partial charge in [0.05, 0.1) is 35.1 Å². The lowest BCUT2D eigenvalue weighted by Gasteiger charge is -2.21. The van der Waals surface area contributed by atoms with Gasteiger partial charge in [0.25, 0.3) is 12.0 Å². The predicted molar refractivity (Wildman–Crippen MR) is 114 cm³/mol. The molecule has 0 radical (unpaired) electrons. The average molecular weight is 422 g/mol. The fourth-order valence-electron chi connectivity index (χ4n) is 5.08. The van der Waals surface area contributed by atoms with Crippen LogP contribution in [0.25, 0.3) is 22.3 Å². The van der Waals surface area contributed by atoms with Crippen molar-refractivity contribution < 1.29 is 18.7 Å². The highest BCUT2D eigenvalue weighted by Gasteiger charge is 2.31. The average Bonchev–Trinajstić information content (AvgIpc) is 3.15. The van der Waals surface area contributed by atoms with Crippen LogP contribution in [0.15, 0.2) is 16.9 Å². The summed E-state index contributed by atoms with van der Waals surface area (Å²) in [6.07, 6.45) is 2.30. The molecule has 0 spiro atoms. The van der Waals surface area contributed by atoms with E-state index < -0.39 is 0 Å². The van der Waals surface area contributed by atoms with Gasteiger partial charge >= 0.3 is 0 Å². The Bertz CT molecular complexity index is 1310. The first-order chi connectivity index (χ1) is 15.0. The smallest absolute Gasteiger partial charge is 0.293 e. The molecule has 1 aliphatic heterocycles. The number of hydrogen-bond acceptors (Lipinski definition) is 5. The predicted octanol–water partition coefficient (Wildman–Crippen LogP) is 3.74. The number of aryl methyl sites for hydroxylation is 2.